The molecule has 3 aliphatic rings. The molecule has 3 aromatic carbocycles. The topological polar surface area (TPSA) is 149 Å². The number of aliphatic hydroxyl groups excluding tert-OH is 1. The van der Waals surface area contributed by atoms with E-state index in [-0.39, 0.29) is 48.6 Å². The highest BCUT2D eigenvalue weighted by Gasteiger charge is 2.44. The van der Waals surface area contributed by atoms with Crippen LogP contribution in [-0.2, 0) is 37.0 Å². The molecular formula is C46H62N4O7. The molecule has 2 heterocycles. The third-order valence-corrected chi connectivity index (χ3v) is 11.8. The summed E-state index contributed by atoms with van der Waals surface area (Å²) >= 11 is 0. The molecule has 2 saturated heterocycles. The highest BCUT2D eigenvalue weighted by atomic mass is 16.7. The number of rotatable bonds is 15. The van der Waals surface area contributed by atoms with Crippen LogP contribution in [0, 0.1) is 5.92 Å². The van der Waals surface area contributed by atoms with Crippen LogP contribution >= 0.6 is 0 Å². The van der Waals surface area contributed by atoms with Gasteiger partial charge in [-0.15, -0.1) is 0 Å². The second kappa shape index (κ2) is 20.0. The summed E-state index contributed by atoms with van der Waals surface area (Å²) in [5.74, 6) is 0.239. The van der Waals surface area contributed by atoms with E-state index in [2.05, 4.69) is 45.9 Å². The zero-order chi connectivity index (χ0) is 40.4. The molecule has 1 saturated carbocycles. The molecule has 0 radical (unpaired) electrons. The number of aliphatic hydroxyl groups is 1. The highest BCUT2D eigenvalue weighted by molar-refractivity contribution is 5.82. The fraction of sp³-hybridized carbons (Fsp3) is 0.543. The normalized spacial score (nSPS) is 23.9. The number of fused-ring (bicyclic) bond motifs is 1. The first-order valence-electron chi connectivity index (χ1n) is 21.0. The maximum atomic E-state index is 13.8. The minimum Gasteiger partial charge on any atom is -0.392 e. The van der Waals surface area contributed by atoms with E-state index in [1.165, 1.54) is 19.3 Å². The van der Waals surface area contributed by atoms with Crippen molar-refractivity contribution in [2.24, 2.45) is 5.92 Å². The first kappa shape index (κ1) is 42.5. The number of amides is 3. The Morgan fingerprint density at radius 1 is 0.807 bits per heavy atom. The van der Waals surface area contributed by atoms with Crippen molar-refractivity contribution in [1.82, 2.24) is 21.0 Å². The van der Waals surface area contributed by atoms with Crippen molar-refractivity contribution in [2.75, 3.05) is 6.54 Å². The Labute approximate surface area is 337 Å². The van der Waals surface area contributed by atoms with Gasteiger partial charge in [0, 0.05) is 49.5 Å². The molecule has 5 N–H and O–H groups in total. The van der Waals surface area contributed by atoms with Crippen molar-refractivity contribution in [2.45, 2.75) is 147 Å². The van der Waals surface area contributed by atoms with E-state index >= 15 is 0 Å². The lowest BCUT2D eigenvalue weighted by Crippen LogP contribution is -2.61. The molecular weight excluding hydrogens is 721 g/mol. The van der Waals surface area contributed by atoms with Crippen LogP contribution in [0.5, 0.6) is 0 Å². The zero-order valence-corrected chi connectivity index (χ0v) is 33.9. The molecule has 1 aliphatic carbocycles. The number of unbranched alkanes of at least 4 members (excludes halogenated alkanes) is 2. The SMILES string of the molecule is CC(C)(C)NC(=O)[C@H]1CC[C@H]2CCCC[C@H]2N1C[C@H]1C[C@@H](c2ccc(CO)cc2)O[C@@H](c2ccc(-c3ccccc3CNC(=O)CCCCCC(=O)NO)cc2)O1. The van der Waals surface area contributed by atoms with Gasteiger partial charge in [-0.1, -0.05) is 92.1 Å². The summed E-state index contributed by atoms with van der Waals surface area (Å²) in [6.45, 7) is 7.14. The average Bonchev–Trinajstić information content (AvgIpc) is 3.22. The van der Waals surface area contributed by atoms with Crippen LogP contribution in [0.15, 0.2) is 72.8 Å². The van der Waals surface area contributed by atoms with E-state index in [0.717, 1.165) is 59.1 Å². The van der Waals surface area contributed by atoms with Gasteiger partial charge in [-0.25, -0.2) is 5.48 Å². The number of benzene rings is 3. The molecule has 6 rings (SSSR count). The molecule has 0 aromatic heterocycles. The van der Waals surface area contributed by atoms with E-state index in [0.29, 0.717) is 50.7 Å². The fourth-order valence-electron chi connectivity index (χ4n) is 8.86. The van der Waals surface area contributed by atoms with Crippen LogP contribution in [0.2, 0.25) is 0 Å². The van der Waals surface area contributed by atoms with Gasteiger partial charge in [-0.05, 0) is 93.0 Å². The van der Waals surface area contributed by atoms with Crippen LogP contribution in [0.1, 0.15) is 132 Å². The van der Waals surface area contributed by atoms with E-state index in [1.807, 2.05) is 63.2 Å². The number of hydrogen-bond donors (Lipinski definition) is 5. The molecule has 11 heteroatoms. The molecule has 0 bridgehead atoms. The van der Waals surface area contributed by atoms with Crippen LogP contribution in [0.3, 0.4) is 0 Å². The zero-order valence-electron chi connectivity index (χ0n) is 33.9. The maximum Gasteiger partial charge on any atom is 0.243 e. The van der Waals surface area contributed by atoms with E-state index < -0.39 is 12.2 Å². The number of nitrogens with zero attached hydrogens (tertiary/aromatic N) is 1. The average molecular weight is 783 g/mol. The number of ether oxygens (including phenoxy) is 2. The largest absolute Gasteiger partial charge is 0.392 e. The lowest BCUT2D eigenvalue weighted by molar-refractivity contribution is -0.255. The third-order valence-electron chi connectivity index (χ3n) is 11.8. The molecule has 6 atom stereocenters. The van der Waals surface area contributed by atoms with Gasteiger partial charge in [0.2, 0.25) is 17.7 Å². The molecule has 3 aromatic rings. The van der Waals surface area contributed by atoms with Crippen molar-refractivity contribution < 1.29 is 34.2 Å². The smallest absolute Gasteiger partial charge is 0.243 e. The standard InChI is InChI=1S/C46H62N4O7/c1-46(2,3)48-44(54)40-26-25-33-11-8-10-14-39(33)50(40)29-37-27-41(34-19-17-31(30-51)18-20-34)57-45(56-37)35-23-21-32(22-24-35)38-13-9-7-12-36(38)28-47-42(52)15-5-4-6-16-43(53)49-55/h7,9,12-13,17-24,33,37,39-41,45,51,55H,4-6,8,10-11,14-16,25-30H2,1-3H3,(H,47,52)(H,48,54)(H,49,53)/t33-,37-,39-,40-,41+,45+/m1/s1. The van der Waals surface area contributed by atoms with Crippen LogP contribution in [-0.4, -0.2) is 63.2 Å². The number of hydroxylamine groups is 1. The number of carbonyl (C=O) groups is 3. The summed E-state index contributed by atoms with van der Waals surface area (Å²) in [7, 11) is 0. The molecule has 11 nitrogen and oxygen atoms in total. The first-order valence-corrected chi connectivity index (χ1v) is 21.0. The fourth-order valence-corrected chi connectivity index (χ4v) is 8.86. The molecule has 0 spiro atoms. The maximum absolute atomic E-state index is 13.8. The van der Waals surface area contributed by atoms with Crippen LogP contribution < -0.4 is 16.1 Å². The van der Waals surface area contributed by atoms with Crippen LogP contribution in [0.25, 0.3) is 11.1 Å². The summed E-state index contributed by atoms with van der Waals surface area (Å²) in [5, 5.41) is 24.7. The predicted octanol–water partition coefficient (Wildman–Crippen LogP) is 7.40. The number of carbonyl (C=O) groups excluding carboxylic acids is 3. The summed E-state index contributed by atoms with van der Waals surface area (Å²) in [5.41, 5.74) is 7.14. The number of hydrogen-bond acceptors (Lipinski definition) is 8. The van der Waals surface area contributed by atoms with Crippen LogP contribution in [0.4, 0.5) is 0 Å². The van der Waals surface area contributed by atoms with E-state index in [1.54, 1.807) is 5.48 Å². The van der Waals surface area contributed by atoms with Gasteiger partial charge in [-0.2, -0.15) is 0 Å². The number of piperidine rings is 1. The quantitative estimate of drug-likeness (QED) is 0.0609. The lowest BCUT2D eigenvalue weighted by Gasteiger charge is -2.50. The Morgan fingerprint density at radius 2 is 1.51 bits per heavy atom. The summed E-state index contributed by atoms with van der Waals surface area (Å²) in [6, 6.07) is 24.4. The Hall–Kier alpha value is -4.13. The van der Waals surface area contributed by atoms with Gasteiger partial charge in [0.05, 0.1) is 24.9 Å². The number of likely N-dealkylation sites (tertiary alicyclic amines) is 1. The van der Waals surface area contributed by atoms with Gasteiger partial charge in [0.1, 0.15) is 0 Å². The van der Waals surface area contributed by atoms with Gasteiger partial charge >= 0.3 is 0 Å². The van der Waals surface area contributed by atoms with Crippen molar-refractivity contribution in [3.8, 4) is 11.1 Å². The van der Waals surface area contributed by atoms with Crippen molar-refractivity contribution in [1.29, 1.82) is 0 Å². The molecule has 0 unspecified atom stereocenters. The Balaban J connectivity index is 1.18. The van der Waals surface area contributed by atoms with Crippen molar-refractivity contribution >= 4 is 17.7 Å². The highest BCUT2D eigenvalue weighted by Crippen LogP contribution is 2.42. The Bertz CT molecular complexity index is 1780. The second-order valence-electron chi connectivity index (χ2n) is 17.1. The van der Waals surface area contributed by atoms with Gasteiger partial charge in [0.15, 0.2) is 6.29 Å². The van der Waals surface area contributed by atoms with E-state index in [9.17, 15) is 19.5 Å². The lowest BCUT2D eigenvalue weighted by atomic mass is 9.75. The van der Waals surface area contributed by atoms with Gasteiger partial charge in [0.25, 0.3) is 0 Å². The van der Waals surface area contributed by atoms with Gasteiger partial charge < -0.3 is 25.2 Å². The molecule has 308 valence electrons. The molecule has 3 amide bonds. The minimum absolute atomic E-state index is 0.0212. The van der Waals surface area contributed by atoms with Crippen molar-refractivity contribution in [3.05, 3.63) is 95.1 Å². The third kappa shape index (κ3) is 11.7. The Morgan fingerprint density at radius 3 is 2.23 bits per heavy atom. The first-order chi connectivity index (χ1) is 27.5. The Kier molecular flexibility index (Phi) is 14.9. The monoisotopic (exact) mass is 782 g/mol. The summed E-state index contributed by atoms with van der Waals surface area (Å²) in [6.07, 6.45) is 8.90. The molecule has 2 aliphatic heterocycles. The second-order valence-corrected chi connectivity index (χ2v) is 17.1. The molecule has 57 heavy (non-hydrogen) atoms. The predicted molar refractivity (Wildman–Crippen MR) is 219 cm³/mol. The van der Waals surface area contributed by atoms with E-state index in [4.69, 9.17) is 14.7 Å². The summed E-state index contributed by atoms with van der Waals surface area (Å²) in [4.78, 5) is 40.2. The van der Waals surface area contributed by atoms with Gasteiger partial charge in [-0.3, -0.25) is 24.5 Å². The minimum atomic E-state index is -0.623. The van der Waals surface area contributed by atoms with Crippen molar-refractivity contribution in [3.63, 3.8) is 0 Å². The number of nitrogens with one attached hydrogen (secondary N) is 3. The molecule has 3 fully saturated rings. The summed E-state index contributed by atoms with van der Waals surface area (Å²) < 4.78 is 13.6.